The number of aliphatic hydroxyl groups excluding tert-OH is 1. The van der Waals surface area contributed by atoms with Gasteiger partial charge in [-0.15, -0.1) is 0 Å². The minimum Gasteiger partial charge on any atom is -0.492 e. The summed E-state index contributed by atoms with van der Waals surface area (Å²) in [4.78, 5) is 4.14. The van der Waals surface area contributed by atoms with Crippen LogP contribution in [-0.4, -0.2) is 68.9 Å². The van der Waals surface area contributed by atoms with Gasteiger partial charge in [0.2, 0.25) is 0 Å². The van der Waals surface area contributed by atoms with Crippen LogP contribution in [0, 0.1) is 0 Å². The largest absolute Gasteiger partial charge is 0.492 e. The lowest BCUT2D eigenvalue weighted by atomic mass is 10.1. The fraction of sp³-hybridized carbons (Fsp3) is 0.600. The van der Waals surface area contributed by atoms with Gasteiger partial charge in [0.1, 0.15) is 12.4 Å². The van der Waals surface area contributed by atoms with Crippen LogP contribution < -0.4 is 10.5 Å². The Labute approximate surface area is 121 Å². The molecule has 1 unspecified atom stereocenters. The van der Waals surface area contributed by atoms with Crippen LogP contribution in [0.2, 0.25) is 0 Å². The molecule has 1 rings (SSSR count). The first kappa shape index (κ1) is 16.9. The molecule has 0 bridgehead atoms. The average Bonchev–Trinajstić information content (AvgIpc) is 2.41. The number of nitrogens with zero attached hydrogens (tertiary/aromatic N) is 2. The molecule has 0 amide bonds. The van der Waals surface area contributed by atoms with Crippen molar-refractivity contribution in [2.45, 2.75) is 6.04 Å². The predicted molar refractivity (Wildman–Crippen MR) is 82.0 cm³/mol. The molecular formula is C15H27N3O2. The number of hydrogen-bond donors (Lipinski definition) is 2. The molecule has 5 heteroatoms. The van der Waals surface area contributed by atoms with Gasteiger partial charge in [-0.3, -0.25) is 4.90 Å². The van der Waals surface area contributed by atoms with Gasteiger partial charge in [-0.05, 0) is 38.8 Å². The van der Waals surface area contributed by atoms with Gasteiger partial charge >= 0.3 is 0 Å². The zero-order valence-corrected chi connectivity index (χ0v) is 12.7. The molecule has 20 heavy (non-hydrogen) atoms. The van der Waals surface area contributed by atoms with E-state index in [4.69, 9.17) is 15.6 Å². The third-order valence-corrected chi connectivity index (χ3v) is 3.28. The second-order valence-corrected chi connectivity index (χ2v) is 5.18. The van der Waals surface area contributed by atoms with Gasteiger partial charge in [0.25, 0.3) is 0 Å². The van der Waals surface area contributed by atoms with Crippen molar-refractivity contribution in [3.8, 4) is 5.75 Å². The monoisotopic (exact) mass is 281 g/mol. The van der Waals surface area contributed by atoms with Crippen molar-refractivity contribution in [3.63, 3.8) is 0 Å². The quantitative estimate of drug-likeness (QED) is 0.692. The van der Waals surface area contributed by atoms with Gasteiger partial charge in [0.15, 0.2) is 0 Å². The maximum absolute atomic E-state index is 9.01. The third kappa shape index (κ3) is 5.46. The molecule has 1 aromatic carbocycles. The molecule has 0 aliphatic rings. The summed E-state index contributed by atoms with van der Waals surface area (Å²) in [6, 6.07) is 8.14. The van der Waals surface area contributed by atoms with Crippen LogP contribution in [0.4, 0.5) is 0 Å². The molecule has 5 nitrogen and oxygen atoms in total. The van der Waals surface area contributed by atoms with E-state index in [1.54, 1.807) is 0 Å². The number of nitrogens with two attached hydrogens (primary N) is 1. The summed E-state index contributed by atoms with van der Waals surface area (Å²) in [7, 11) is 6.01. The molecule has 0 saturated heterocycles. The third-order valence-electron chi connectivity index (χ3n) is 3.28. The number of ether oxygens (including phenoxy) is 1. The second-order valence-electron chi connectivity index (χ2n) is 5.18. The highest BCUT2D eigenvalue weighted by Gasteiger charge is 2.14. The first-order valence-electron chi connectivity index (χ1n) is 6.97. The van der Waals surface area contributed by atoms with E-state index < -0.39 is 0 Å². The van der Waals surface area contributed by atoms with E-state index in [-0.39, 0.29) is 12.6 Å². The van der Waals surface area contributed by atoms with Gasteiger partial charge in [0.05, 0.1) is 6.61 Å². The summed E-state index contributed by atoms with van der Waals surface area (Å²) in [5.41, 5.74) is 6.97. The van der Waals surface area contributed by atoms with E-state index in [9.17, 15) is 0 Å². The van der Waals surface area contributed by atoms with Gasteiger partial charge in [0, 0.05) is 25.7 Å². The van der Waals surface area contributed by atoms with Crippen molar-refractivity contribution in [2.75, 3.05) is 54.0 Å². The summed E-state index contributed by atoms with van der Waals surface area (Å²) in [5.74, 6) is 0.871. The molecule has 0 aliphatic heterocycles. The van der Waals surface area contributed by atoms with E-state index in [2.05, 4.69) is 9.80 Å². The van der Waals surface area contributed by atoms with Crippen molar-refractivity contribution < 1.29 is 9.84 Å². The highest BCUT2D eigenvalue weighted by molar-refractivity contribution is 5.29. The first-order chi connectivity index (χ1) is 9.58. The number of rotatable bonds is 9. The predicted octanol–water partition coefficient (Wildman–Crippen LogP) is 0.551. The van der Waals surface area contributed by atoms with E-state index in [1.165, 1.54) is 0 Å². The van der Waals surface area contributed by atoms with Crippen molar-refractivity contribution in [2.24, 2.45) is 5.73 Å². The van der Waals surface area contributed by atoms with Crippen molar-refractivity contribution in [3.05, 3.63) is 29.8 Å². The lowest BCUT2D eigenvalue weighted by Crippen LogP contribution is -2.32. The van der Waals surface area contributed by atoms with Crippen molar-refractivity contribution in [1.29, 1.82) is 0 Å². The lowest BCUT2D eigenvalue weighted by molar-refractivity contribution is 0.183. The van der Waals surface area contributed by atoms with Crippen LogP contribution in [0.15, 0.2) is 24.3 Å². The highest BCUT2D eigenvalue weighted by Crippen LogP contribution is 2.21. The molecule has 0 heterocycles. The molecule has 0 saturated carbocycles. The summed E-state index contributed by atoms with van der Waals surface area (Å²) >= 11 is 0. The van der Waals surface area contributed by atoms with Gasteiger partial charge in [-0.2, -0.15) is 0 Å². The van der Waals surface area contributed by atoms with Crippen molar-refractivity contribution in [1.82, 2.24) is 9.80 Å². The molecule has 3 N–H and O–H groups in total. The minimum absolute atomic E-state index is 0.123. The van der Waals surface area contributed by atoms with Crippen LogP contribution >= 0.6 is 0 Å². The molecule has 114 valence electrons. The highest BCUT2D eigenvalue weighted by atomic mass is 16.5. The molecular weight excluding hydrogens is 254 g/mol. The van der Waals surface area contributed by atoms with Crippen molar-refractivity contribution >= 4 is 0 Å². The Morgan fingerprint density at radius 2 is 1.80 bits per heavy atom. The maximum Gasteiger partial charge on any atom is 0.119 e. The van der Waals surface area contributed by atoms with Crippen LogP contribution in [0.1, 0.15) is 11.6 Å². The van der Waals surface area contributed by atoms with Gasteiger partial charge < -0.3 is 20.5 Å². The van der Waals surface area contributed by atoms with E-state index in [1.807, 2.05) is 45.4 Å². The Morgan fingerprint density at radius 3 is 2.30 bits per heavy atom. The Morgan fingerprint density at radius 1 is 1.15 bits per heavy atom. The topological polar surface area (TPSA) is 62.0 Å². The second kappa shape index (κ2) is 8.92. The standard InChI is InChI=1S/C15H27N3O2/c1-17(2)9-11-20-14-6-4-13(5-7-14)15(12-16)18(3)8-10-19/h4-7,15,19H,8-12,16H2,1-3H3. The molecule has 1 aromatic rings. The summed E-state index contributed by atoms with van der Waals surface area (Å²) in [6.45, 7) is 2.85. The molecule has 0 aromatic heterocycles. The number of aliphatic hydroxyl groups is 1. The lowest BCUT2D eigenvalue weighted by Gasteiger charge is -2.26. The number of likely N-dealkylation sites (N-methyl/N-ethyl adjacent to an activating group) is 2. The van der Waals surface area contributed by atoms with Crippen LogP contribution in [-0.2, 0) is 0 Å². The van der Waals surface area contributed by atoms with Crippen LogP contribution in [0.5, 0.6) is 5.75 Å². The van der Waals surface area contributed by atoms with E-state index in [0.29, 0.717) is 19.7 Å². The Hall–Kier alpha value is -1.14. The molecule has 1 atom stereocenters. The van der Waals surface area contributed by atoms with Gasteiger partial charge in [-0.1, -0.05) is 12.1 Å². The fourth-order valence-corrected chi connectivity index (χ4v) is 2.02. The van der Waals surface area contributed by atoms with Crippen LogP contribution in [0.3, 0.4) is 0 Å². The Bertz CT molecular complexity index is 368. The Kier molecular flexibility index (Phi) is 7.54. The summed E-state index contributed by atoms with van der Waals surface area (Å²) in [5, 5.41) is 9.01. The van der Waals surface area contributed by atoms with E-state index >= 15 is 0 Å². The van der Waals surface area contributed by atoms with E-state index in [0.717, 1.165) is 17.9 Å². The zero-order chi connectivity index (χ0) is 15.0. The summed E-state index contributed by atoms with van der Waals surface area (Å²) < 4.78 is 5.67. The van der Waals surface area contributed by atoms with Gasteiger partial charge in [-0.25, -0.2) is 0 Å². The fourth-order valence-electron chi connectivity index (χ4n) is 2.02. The maximum atomic E-state index is 9.01. The molecule has 0 spiro atoms. The summed E-state index contributed by atoms with van der Waals surface area (Å²) in [6.07, 6.45) is 0. The van der Waals surface area contributed by atoms with Crippen LogP contribution in [0.25, 0.3) is 0 Å². The average molecular weight is 281 g/mol. The minimum atomic E-state index is 0.123. The molecule has 0 aliphatic carbocycles. The normalized spacial score (nSPS) is 12.9. The molecule has 0 fully saturated rings. The molecule has 0 radical (unpaired) electrons. The number of benzene rings is 1. The SMILES string of the molecule is CN(C)CCOc1ccc(C(CN)N(C)CCO)cc1. The number of hydrogen-bond acceptors (Lipinski definition) is 5. The Balaban J connectivity index is 2.59. The zero-order valence-electron chi connectivity index (χ0n) is 12.7. The first-order valence-corrected chi connectivity index (χ1v) is 6.97. The smallest absolute Gasteiger partial charge is 0.119 e.